The molecule has 272 valence electrons. The second kappa shape index (κ2) is 23.5. The Hall–Kier alpha value is -2.88. The van der Waals surface area contributed by atoms with Gasteiger partial charge in [0.05, 0.1) is 18.1 Å². The number of carbonyl (C=O) groups excluding carboxylic acids is 2. The van der Waals surface area contributed by atoms with Crippen LogP contribution in [0.25, 0.3) is 0 Å². The lowest BCUT2D eigenvalue weighted by atomic mass is 9.63. The van der Waals surface area contributed by atoms with Crippen molar-refractivity contribution in [2.75, 3.05) is 33.5 Å². The van der Waals surface area contributed by atoms with Crippen molar-refractivity contribution in [1.82, 2.24) is 0 Å². The van der Waals surface area contributed by atoms with Gasteiger partial charge in [0.2, 0.25) is 0 Å². The minimum atomic E-state index is -0.571. The van der Waals surface area contributed by atoms with Gasteiger partial charge in [-0.25, -0.2) is 5.90 Å². The van der Waals surface area contributed by atoms with Crippen molar-refractivity contribution in [2.24, 2.45) is 23.7 Å². The van der Waals surface area contributed by atoms with Gasteiger partial charge in [0.25, 0.3) is 0 Å². The maximum atomic E-state index is 11.9. The number of methoxy groups -OCH3 is 1. The summed E-state index contributed by atoms with van der Waals surface area (Å²) in [5, 5.41) is 0. The van der Waals surface area contributed by atoms with E-state index in [0.29, 0.717) is 12.4 Å². The molecular weight excluding hydrogens is 610 g/mol. The summed E-state index contributed by atoms with van der Waals surface area (Å²) < 4.78 is 27.9. The highest BCUT2D eigenvalue weighted by atomic mass is 16.7. The fourth-order valence-corrected chi connectivity index (χ4v) is 6.16. The molecule has 1 saturated carbocycles. The van der Waals surface area contributed by atoms with E-state index in [9.17, 15) is 9.59 Å². The normalized spacial score (nSPS) is 17.9. The monoisotopic (exact) mass is 673 g/mol. The maximum absolute atomic E-state index is 11.9. The third-order valence-electron chi connectivity index (χ3n) is 9.26. The van der Waals surface area contributed by atoms with Crippen molar-refractivity contribution >= 4 is 11.9 Å². The van der Waals surface area contributed by atoms with E-state index in [1.54, 1.807) is 41.1 Å². The van der Waals surface area contributed by atoms with Gasteiger partial charge in [-0.05, 0) is 49.0 Å². The van der Waals surface area contributed by atoms with Crippen LogP contribution in [0, 0.1) is 17.8 Å². The molecule has 0 heterocycles. The quantitative estimate of drug-likeness (QED) is 0.0675. The largest absolute Gasteiger partial charge is 0.499 e. The summed E-state index contributed by atoms with van der Waals surface area (Å²) in [5.41, 5.74) is 1.20. The molecule has 3 atom stereocenters. The summed E-state index contributed by atoms with van der Waals surface area (Å²) in [6.07, 6.45) is 19.3. The Morgan fingerprint density at radius 3 is 1.79 bits per heavy atom. The first kappa shape index (κ1) is 41.3. The number of esters is 2. The van der Waals surface area contributed by atoms with E-state index >= 15 is 0 Å². The average Bonchev–Trinajstić information content (AvgIpc) is 3.08. The Morgan fingerprint density at radius 2 is 1.31 bits per heavy atom. The average molecular weight is 674 g/mol. The summed E-state index contributed by atoms with van der Waals surface area (Å²) in [6, 6.07) is 8.40. The van der Waals surface area contributed by atoms with Gasteiger partial charge in [0, 0.05) is 12.5 Å². The zero-order chi connectivity index (χ0) is 35.2. The van der Waals surface area contributed by atoms with E-state index in [1.807, 2.05) is 12.1 Å². The molecule has 0 saturated heterocycles. The molecule has 0 radical (unpaired) electrons. The highest BCUT2D eigenvalue weighted by Crippen LogP contribution is 2.45. The molecular formula is C39H63NO8. The standard InChI is InChI=1S/C39H63NO8/c1-7-32(18-17-25-44-26-35(43-6)27-46-37(41)30(2)3)39(23-15-13-11-9-8-10-12-14-16-24-39)33-19-21-34(22-20-33)45-28-36(48-40)29-47-38(42)31(4)5/h7,17,19-22,25,30-32,35-36H,1,8-16,18,23-24,26-29,40H2,2-6H3/b25-17+. The van der Waals surface area contributed by atoms with Crippen molar-refractivity contribution < 1.29 is 38.1 Å². The highest BCUT2D eigenvalue weighted by Gasteiger charge is 2.37. The van der Waals surface area contributed by atoms with Gasteiger partial charge in [-0.1, -0.05) is 104 Å². The summed E-state index contributed by atoms with van der Waals surface area (Å²) in [7, 11) is 1.59. The smallest absolute Gasteiger partial charge is 0.308 e. The van der Waals surface area contributed by atoms with Gasteiger partial charge in [0.15, 0.2) is 0 Å². The number of benzene rings is 1. The molecule has 3 unspecified atom stereocenters. The van der Waals surface area contributed by atoms with Crippen molar-refractivity contribution in [3.63, 3.8) is 0 Å². The second-order valence-electron chi connectivity index (χ2n) is 13.6. The van der Waals surface area contributed by atoms with Crippen LogP contribution in [0.5, 0.6) is 5.75 Å². The second-order valence-corrected chi connectivity index (χ2v) is 13.6. The molecule has 0 spiro atoms. The number of hydrogen-bond acceptors (Lipinski definition) is 9. The fraction of sp³-hybridized carbons (Fsp3) is 0.692. The van der Waals surface area contributed by atoms with Crippen molar-refractivity contribution in [2.45, 2.75) is 122 Å². The predicted octanol–water partition coefficient (Wildman–Crippen LogP) is 8.00. The Morgan fingerprint density at radius 1 is 0.792 bits per heavy atom. The molecule has 48 heavy (non-hydrogen) atoms. The van der Waals surface area contributed by atoms with E-state index in [0.717, 1.165) is 32.1 Å². The molecule has 0 amide bonds. The molecule has 0 bridgehead atoms. The van der Waals surface area contributed by atoms with E-state index in [-0.39, 0.29) is 61.0 Å². The maximum Gasteiger partial charge on any atom is 0.308 e. The molecule has 1 aliphatic rings. The highest BCUT2D eigenvalue weighted by molar-refractivity contribution is 5.71. The Bertz CT molecular complexity index is 1060. The third kappa shape index (κ3) is 14.7. The molecule has 0 aliphatic heterocycles. The summed E-state index contributed by atoms with van der Waals surface area (Å²) in [5.74, 6) is 5.40. The van der Waals surface area contributed by atoms with Crippen LogP contribution in [0.3, 0.4) is 0 Å². The van der Waals surface area contributed by atoms with Crippen molar-refractivity contribution in [3.8, 4) is 5.75 Å². The molecule has 1 fully saturated rings. The number of nitrogens with two attached hydrogens (primary N) is 1. The van der Waals surface area contributed by atoms with Crippen LogP contribution in [-0.4, -0.2) is 57.7 Å². The molecule has 2 N–H and O–H groups in total. The molecule has 9 heteroatoms. The Balaban J connectivity index is 2.18. The first-order valence-corrected chi connectivity index (χ1v) is 18.0. The van der Waals surface area contributed by atoms with Gasteiger partial charge in [-0.15, -0.1) is 6.58 Å². The molecule has 9 nitrogen and oxygen atoms in total. The van der Waals surface area contributed by atoms with E-state index in [1.165, 1.54) is 50.5 Å². The van der Waals surface area contributed by atoms with E-state index in [2.05, 4.69) is 30.9 Å². The topological polar surface area (TPSA) is 116 Å². The van der Waals surface area contributed by atoms with Crippen LogP contribution >= 0.6 is 0 Å². The number of ether oxygens (including phenoxy) is 5. The van der Waals surface area contributed by atoms with Crippen LogP contribution < -0.4 is 10.6 Å². The minimum Gasteiger partial charge on any atom is -0.499 e. The molecule has 2 rings (SSSR count). The minimum absolute atomic E-state index is 0.0324. The van der Waals surface area contributed by atoms with Crippen LogP contribution in [0.4, 0.5) is 0 Å². The fourth-order valence-electron chi connectivity index (χ4n) is 6.16. The van der Waals surface area contributed by atoms with E-state index < -0.39 is 6.10 Å². The predicted molar refractivity (Wildman–Crippen MR) is 189 cm³/mol. The van der Waals surface area contributed by atoms with Gasteiger partial charge < -0.3 is 23.7 Å². The van der Waals surface area contributed by atoms with Crippen LogP contribution in [0.15, 0.2) is 49.3 Å². The number of allylic oxidation sites excluding steroid dienone is 2. The van der Waals surface area contributed by atoms with Gasteiger partial charge in [0.1, 0.15) is 44.4 Å². The van der Waals surface area contributed by atoms with Crippen LogP contribution in [-0.2, 0) is 38.8 Å². The first-order valence-electron chi connectivity index (χ1n) is 18.0. The number of hydrogen-bond donors (Lipinski definition) is 1. The third-order valence-corrected chi connectivity index (χ3v) is 9.26. The summed E-state index contributed by atoms with van der Waals surface area (Å²) in [4.78, 5) is 28.7. The van der Waals surface area contributed by atoms with Crippen LogP contribution in [0.1, 0.15) is 110 Å². The number of carbonyl (C=O) groups is 2. The molecule has 0 aromatic heterocycles. The molecule has 1 aromatic rings. The molecule has 1 aliphatic carbocycles. The van der Waals surface area contributed by atoms with Gasteiger partial charge >= 0.3 is 11.9 Å². The van der Waals surface area contributed by atoms with Gasteiger partial charge in [-0.3, -0.25) is 14.4 Å². The zero-order valence-corrected chi connectivity index (χ0v) is 30.3. The summed E-state index contributed by atoms with van der Waals surface area (Å²) in [6.45, 7) is 12.1. The Kier molecular flexibility index (Phi) is 20.2. The SMILES string of the molecule is C=CC(C/C=C/OCC(COC(=O)C(C)C)OC)C1(c2ccc(OCC(COC(=O)C(C)C)ON)cc2)CCCCCCCCCCC1. The van der Waals surface area contributed by atoms with E-state index in [4.69, 9.17) is 34.4 Å². The lowest BCUT2D eigenvalue weighted by Crippen LogP contribution is -2.35. The van der Waals surface area contributed by atoms with Crippen molar-refractivity contribution in [3.05, 3.63) is 54.8 Å². The summed E-state index contributed by atoms with van der Waals surface area (Å²) >= 11 is 0. The zero-order valence-electron chi connectivity index (χ0n) is 30.3. The molecule has 1 aromatic carbocycles. The van der Waals surface area contributed by atoms with Crippen LogP contribution in [0.2, 0.25) is 0 Å². The van der Waals surface area contributed by atoms with Gasteiger partial charge in [-0.2, -0.15) is 0 Å². The number of rotatable bonds is 19. The lowest BCUT2D eigenvalue weighted by molar-refractivity contribution is -0.153. The Labute approximate surface area is 289 Å². The first-order chi connectivity index (χ1) is 23.2. The lowest BCUT2D eigenvalue weighted by Gasteiger charge is -2.41. The van der Waals surface area contributed by atoms with Crippen molar-refractivity contribution in [1.29, 1.82) is 0 Å².